The van der Waals surface area contributed by atoms with Crippen molar-refractivity contribution in [1.29, 1.82) is 0 Å². The number of ether oxygens (including phenoxy) is 1. The number of nitrogens with zero attached hydrogens (tertiary/aromatic N) is 3. The highest BCUT2D eigenvalue weighted by molar-refractivity contribution is 8.00. The van der Waals surface area contributed by atoms with E-state index in [1.165, 1.54) is 11.8 Å². The summed E-state index contributed by atoms with van der Waals surface area (Å²) in [5, 5.41) is 4.77. The molecule has 0 saturated carbocycles. The monoisotopic (exact) mass is 261 g/mol. The van der Waals surface area contributed by atoms with Gasteiger partial charge < -0.3 is 4.74 Å². The molecule has 0 bridgehead atoms. The zero-order valence-corrected chi connectivity index (χ0v) is 10.3. The maximum atomic E-state index is 11.4. The number of carbonyl (C=O) groups excluding carboxylic acids is 1. The zero-order valence-electron chi connectivity index (χ0n) is 9.52. The minimum atomic E-state index is -0.170. The van der Waals surface area contributed by atoms with Crippen molar-refractivity contribution in [3.05, 3.63) is 36.7 Å². The van der Waals surface area contributed by atoms with Crippen LogP contribution in [0.15, 0.2) is 41.8 Å². The normalized spacial score (nSPS) is 18.9. The van der Waals surface area contributed by atoms with Crippen molar-refractivity contribution in [3.63, 3.8) is 0 Å². The maximum absolute atomic E-state index is 11.4. The zero-order chi connectivity index (χ0) is 12.4. The standard InChI is InChI=1S/C12H11N3O2S/c16-11-10(6-7-17-11)18-12-13-8-15(14-12)9-4-2-1-3-5-9/h1-5,8,10H,6-7H2/t10-/m0/s1. The molecule has 0 spiro atoms. The molecule has 0 amide bonds. The van der Waals surface area contributed by atoms with E-state index in [1.54, 1.807) is 11.0 Å². The highest BCUT2D eigenvalue weighted by atomic mass is 32.2. The number of para-hydroxylation sites is 1. The van der Waals surface area contributed by atoms with E-state index >= 15 is 0 Å². The van der Waals surface area contributed by atoms with E-state index in [2.05, 4.69) is 10.1 Å². The van der Waals surface area contributed by atoms with Gasteiger partial charge in [0.2, 0.25) is 5.16 Å². The lowest BCUT2D eigenvalue weighted by Gasteiger charge is -2.00. The van der Waals surface area contributed by atoms with Crippen LogP contribution >= 0.6 is 11.8 Å². The van der Waals surface area contributed by atoms with Gasteiger partial charge in [0, 0.05) is 6.42 Å². The molecule has 0 unspecified atom stereocenters. The number of benzene rings is 1. The number of thioether (sulfide) groups is 1. The first kappa shape index (κ1) is 11.3. The predicted octanol–water partition coefficient (Wildman–Crippen LogP) is 1.67. The smallest absolute Gasteiger partial charge is 0.319 e. The first-order chi connectivity index (χ1) is 8.83. The van der Waals surface area contributed by atoms with Crippen molar-refractivity contribution in [3.8, 4) is 5.69 Å². The molecule has 92 valence electrons. The summed E-state index contributed by atoms with van der Waals surface area (Å²) in [7, 11) is 0. The molecule has 0 aliphatic carbocycles. The fourth-order valence-electron chi connectivity index (χ4n) is 1.72. The molecule has 1 aliphatic heterocycles. The molecule has 0 radical (unpaired) electrons. The van der Waals surface area contributed by atoms with E-state index in [0.717, 1.165) is 12.1 Å². The molecule has 1 fully saturated rings. The van der Waals surface area contributed by atoms with Gasteiger partial charge in [-0.2, -0.15) is 0 Å². The Labute approximate surface area is 108 Å². The van der Waals surface area contributed by atoms with E-state index in [0.29, 0.717) is 11.8 Å². The molecule has 1 aliphatic rings. The maximum Gasteiger partial charge on any atom is 0.319 e. The molecule has 1 aromatic heterocycles. The Kier molecular flexibility index (Phi) is 3.02. The predicted molar refractivity (Wildman–Crippen MR) is 66.6 cm³/mol. The van der Waals surface area contributed by atoms with Gasteiger partial charge in [0.1, 0.15) is 11.6 Å². The van der Waals surface area contributed by atoms with Crippen LogP contribution in [0.25, 0.3) is 5.69 Å². The first-order valence-electron chi connectivity index (χ1n) is 5.63. The van der Waals surface area contributed by atoms with E-state index in [1.807, 2.05) is 30.3 Å². The van der Waals surface area contributed by atoms with Crippen LogP contribution in [0, 0.1) is 0 Å². The fraction of sp³-hybridized carbons (Fsp3) is 0.250. The summed E-state index contributed by atoms with van der Waals surface area (Å²) in [6.07, 6.45) is 2.38. The van der Waals surface area contributed by atoms with Gasteiger partial charge in [-0.25, -0.2) is 9.67 Å². The van der Waals surface area contributed by atoms with Crippen molar-refractivity contribution < 1.29 is 9.53 Å². The average molecular weight is 261 g/mol. The van der Waals surface area contributed by atoms with E-state index in [-0.39, 0.29) is 11.2 Å². The Morgan fingerprint density at radius 1 is 1.33 bits per heavy atom. The van der Waals surface area contributed by atoms with Gasteiger partial charge in [0.15, 0.2) is 0 Å². The van der Waals surface area contributed by atoms with Gasteiger partial charge in [-0.05, 0) is 12.1 Å². The Hall–Kier alpha value is -1.82. The molecule has 3 rings (SSSR count). The summed E-state index contributed by atoms with van der Waals surface area (Å²) < 4.78 is 6.60. The number of hydrogen-bond donors (Lipinski definition) is 0. The van der Waals surface area contributed by atoms with E-state index < -0.39 is 0 Å². The number of hydrogen-bond acceptors (Lipinski definition) is 5. The third-order valence-electron chi connectivity index (χ3n) is 2.63. The summed E-state index contributed by atoms with van der Waals surface area (Å²) >= 11 is 1.36. The molecule has 2 heterocycles. The summed E-state index contributed by atoms with van der Waals surface area (Å²) in [6.45, 7) is 0.496. The Balaban J connectivity index is 1.76. The molecule has 1 saturated heterocycles. The van der Waals surface area contributed by atoms with Crippen LogP contribution in [0.2, 0.25) is 0 Å². The highest BCUT2D eigenvalue weighted by Gasteiger charge is 2.28. The van der Waals surface area contributed by atoms with E-state index in [9.17, 15) is 4.79 Å². The van der Waals surface area contributed by atoms with Crippen molar-refractivity contribution in [2.45, 2.75) is 16.8 Å². The second-order valence-electron chi connectivity index (χ2n) is 3.87. The Morgan fingerprint density at radius 2 is 2.17 bits per heavy atom. The second-order valence-corrected chi connectivity index (χ2v) is 5.04. The van der Waals surface area contributed by atoms with Gasteiger partial charge in [0.05, 0.1) is 12.3 Å². The minimum absolute atomic E-state index is 0.170. The van der Waals surface area contributed by atoms with Crippen LogP contribution in [-0.2, 0) is 9.53 Å². The summed E-state index contributed by atoms with van der Waals surface area (Å²) in [5.74, 6) is -0.170. The highest BCUT2D eigenvalue weighted by Crippen LogP contribution is 2.26. The Morgan fingerprint density at radius 3 is 2.89 bits per heavy atom. The molecule has 1 atom stereocenters. The topological polar surface area (TPSA) is 57.0 Å². The van der Waals surface area contributed by atoms with Crippen LogP contribution in [0.1, 0.15) is 6.42 Å². The van der Waals surface area contributed by atoms with Crippen LogP contribution in [0.4, 0.5) is 0 Å². The summed E-state index contributed by atoms with van der Waals surface area (Å²) in [4.78, 5) is 15.5. The van der Waals surface area contributed by atoms with Crippen molar-refractivity contribution in [2.75, 3.05) is 6.61 Å². The average Bonchev–Trinajstić information content (AvgIpc) is 3.02. The van der Waals surface area contributed by atoms with Gasteiger partial charge in [0.25, 0.3) is 0 Å². The molecule has 18 heavy (non-hydrogen) atoms. The number of rotatable bonds is 3. The molecular weight excluding hydrogens is 250 g/mol. The van der Waals surface area contributed by atoms with Gasteiger partial charge >= 0.3 is 5.97 Å². The molecule has 6 heteroatoms. The lowest BCUT2D eigenvalue weighted by Crippen LogP contribution is -2.09. The number of carbonyl (C=O) groups is 1. The number of esters is 1. The molecule has 5 nitrogen and oxygen atoms in total. The fourth-order valence-corrected chi connectivity index (χ4v) is 2.59. The molecular formula is C12H11N3O2S. The largest absolute Gasteiger partial charge is 0.465 e. The summed E-state index contributed by atoms with van der Waals surface area (Å²) in [5.41, 5.74) is 0.950. The van der Waals surface area contributed by atoms with Gasteiger partial charge in [-0.1, -0.05) is 30.0 Å². The van der Waals surface area contributed by atoms with Crippen molar-refractivity contribution >= 4 is 17.7 Å². The van der Waals surface area contributed by atoms with Crippen LogP contribution in [-0.4, -0.2) is 32.6 Å². The van der Waals surface area contributed by atoms with Gasteiger partial charge in [-0.15, -0.1) is 5.10 Å². The van der Waals surface area contributed by atoms with E-state index in [4.69, 9.17) is 4.74 Å². The van der Waals surface area contributed by atoms with Crippen LogP contribution in [0.3, 0.4) is 0 Å². The number of aromatic nitrogens is 3. The number of cyclic esters (lactones) is 1. The lowest BCUT2D eigenvalue weighted by atomic mass is 10.3. The van der Waals surface area contributed by atoms with Gasteiger partial charge in [-0.3, -0.25) is 4.79 Å². The Bertz CT molecular complexity index is 555. The third kappa shape index (κ3) is 2.24. The van der Waals surface area contributed by atoms with Crippen molar-refractivity contribution in [2.24, 2.45) is 0 Å². The SMILES string of the molecule is O=C1OCC[C@@H]1Sc1ncn(-c2ccccc2)n1. The summed E-state index contributed by atoms with van der Waals surface area (Å²) in [6, 6.07) is 9.74. The lowest BCUT2D eigenvalue weighted by molar-refractivity contribution is -0.137. The molecule has 2 aromatic rings. The first-order valence-corrected chi connectivity index (χ1v) is 6.51. The third-order valence-corrected chi connectivity index (χ3v) is 3.74. The second kappa shape index (κ2) is 4.81. The molecule has 0 N–H and O–H groups in total. The van der Waals surface area contributed by atoms with Crippen molar-refractivity contribution in [1.82, 2.24) is 14.8 Å². The van der Waals surface area contributed by atoms with Crippen LogP contribution < -0.4 is 0 Å². The molecule has 1 aromatic carbocycles. The minimum Gasteiger partial charge on any atom is -0.465 e. The quantitative estimate of drug-likeness (QED) is 0.787. The van der Waals surface area contributed by atoms with Crippen LogP contribution in [0.5, 0.6) is 0 Å².